The van der Waals surface area contributed by atoms with E-state index in [4.69, 9.17) is 5.73 Å². The van der Waals surface area contributed by atoms with Crippen molar-refractivity contribution in [2.24, 2.45) is 11.7 Å². The Bertz CT molecular complexity index is 461. The first kappa shape index (κ1) is 14.9. The van der Waals surface area contributed by atoms with Crippen molar-refractivity contribution in [1.82, 2.24) is 4.90 Å². The number of nitrogens with two attached hydrogens (primary N) is 1. The minimum Gasteiger partial charge on any atom is -0.330 e. The molecule has 6 heteroatoms. The quantitative estimate of drug-likeness (QED) is 0.882. The maximum absolute atomic E-state index is 13.0. The normalized spacial score (nSPS) is 19.9. The summed E-state index contributed by atoms with van der Waals surface area (Å²) < 4.78 is 26.0. The Morgan fingerprint density at radius 1 is 1.35 bits per heavy atom. The summed E-state index contributed by atoms with van der Waals surface area (Å²) >= 11 is 0. The van der Waals surface area contributed by atoms with Crippen molar-refractivity contribution in [2.75, 3.05) is 31.5 Å². The van der Waals surface area contributed by atoms with Gasteiger partial charge in [-0.2, -0.15) is 0 Å². The molecule has 1 aliphatic heterocycles. The largest absolute Gasteiger partial charge is 0.330 e. The number of hydrogen-bond acceptors (Lipinski definition) is 3. The molecule has 0 radical (unpaired) electrons. The van der Waals surface area contributed by atoms with E-state index in [1.165, 1.54) is 0 Å². The van der Waals surface area contributed by atoms with Gasteiger partial charge < -0.3 is 11.1 Å². The van der Waals surface area contributed by atoms with Gasteiger partial charge in [0.25, 0.3) is 0 Å². The van der Waals surface area contributed by atoms with Crippen molar-refractivity contribution < 1.29 is 13.6 Å². The molecule has 0 aromatic heterocycles. The minimum atomic E-state index is -0.707. The van der Waals surface area contributed by atoms with Crippen LogP contribution in [0.1, 0.15) is 12.8 Å². The summed E-state index contributed by atoms with van der Waals surface area (Å²) in [6.45, 7) is 2.48. The number of nitrogens with zero attached hydrogens (tertiary/aromatic N) is 1. The van der Waals surface area contributed by atoms with Crippen molar-refractivity contribution in [3.05, 3.63) is 29.8 Å². The van der Waals surface area contributed by atoms with E-state index in [1.807, 2.05) is 4.90 Å². The molecule has 0 aliphatic carbocycles. The first-order valence-corrected chi connectivity index (χ1v) is 6.75. The lowest BCUT2D eigenvalue weighted by atomic mass is 9.98. The minimum absolute atomic E-state index is 0.139. The standard InChI is InChI=1S/C14H19F2N3O/c15-11-4-12(16)6-13(5-11)18-14(20)9-19-3-1-2-10(7-17)8-19/h4-6,10H,1-3,7-9,17H2,(H,18,20). The summed E-state index contributed by atoms with van der Waals surface area (Å²) in [5.41, 5.74) is 5.78. The number of anilines is 1. The Labute approximate surface area is 116 Å². The molecule has 1 aromatic rings. The van der Waals surface area contributed by atoms with E-state index in [0.717, 1.165) is 44.1 Å². The highest BCUT2D eigenvalue weighted by Crippen LogP contribution is 2.16. The van der Waals surface area contributed by atoms with Crippen LogP contribution in [0.25, 0.3) is 0 Å². The molecule has 2 rings (SSSR count). The number of carbonyl (C=O) groups is 1. The number of halogens is 2. The summed E-state index contributed by atoms with van der Waals surface area (Å²) in [4.78, 5) is 13.9. The van der Waals surface area contributed by atoms with Gasteiger partial charge in [-0.15, -0.1) is 0 Å². The third-order valence-electron chi connectivity index (χ3n) is 3.45. The summed E-state index contributed by atoms with van der Waals surface area (Å²) in [6, 6.07) is 2.96. The zero-order valence-electron chi connectivity index (χ0n) is 11.2. The van der Waals surface area contributed by atoms with Gasteiger partial charge >= 0.3 is 0 Å². The Hall–Kier alpha value is -1.53. The highest BCUT2D eigenvalue weighted by atomic mass is 19.1. The van der Waals surface area contributed by atoms with Gasteiger partial charge in [0, 0.05) is 18.3 Å². The highest BCUT2D eigenvalue weighted by molar-refractivity contribution is 5.92. The molecule has 0 bridgehead atoms. The molecule has 1 fully saturated rings. The molecule has 4 nitrogen and oxygen atoms in total. The lowest BCUT2D eigenvalue weighted by Gasteiger charge is -2.31. The van der Waals surface area contributed by atoms with Gasteiger partial charge in [-0.05, 0) is 44.0 Å². The summed E-state index contributed by atoms with van der Waals surface area (Å²) in [6.07, 6.45) is 2.10. The van der Waals surface area contributed by atoms with Gasteiger partial charge in [0.05, 0.1) is 6.54 Å². The van der Waals surface area contributed by atoms with Gasteiger partial charge in [-0.1, -0.05) is 0 Å². The fourth-order valence-electron chi connectivity index (χ4n) is 2.52. The van der Waals surface area contributed by atoms with Crippen molar-refractivity contribution >= 4 is 11.6 Å². The van der Waals surface area contributed by atoms with E-state index >= 15 is 0 Å². The van der Waals surface area contributed by atoms with Crippen molar-refractivity contribution in [1.29, 1.82) is 0 Å². The summed E-state index contributed by atoms with van der Waals surface area (Å²) in [5.74, 6) is -1.27. The van der Waals surface area contributed by atoms with Crippen LogP contribution in [0.15, 0.2) is 18.2 Å². The predicted octanol–water partition coefficient (Wildman–Crippen LogP) is 1.57. The number of likely N-dealkylation sites (tertiary alicyclic amines) is 1. The van der Waals surface area contributed by atoms with E-state index < -0.39 is 11.6 Å². The molecule has 20 heavy (non-hydrogen) atoms. The maximum Gasteiger partial charge on any atom is 0.238 e. The van der Waals surface area contributed by atoms with Gasteiger partial charge in [-0.25, -0.2) is 8.78 Å². The fraction of sp³-hybridized carbons (Fsp3) is 0.500. The predicted molar refractivity (Wildman–Crippen MR) is 73.2 cm³/mol. The third kappa shape index (κ3) is 4.25. The molecule has 1 aliphatic rings. The molecule has 1 heterocycles. The Morgan fingerprint density at radius 2 is 2.05 bits per heavy atom. The zero-order valence-corrected chi connectivity index (χ0v) is 11.2. The molecule has 1 unspecified atom stereocenters. The van der Waals surface area contributed by atoms with Crippen molar-refractivity contribution in [3.8, 4) is 0 Å². The zero-order chi connectivity index (χ0) is 14.5. The number of piperidine rings is 1. The van der Waals surface area contributed by atoms with Crippen LogP contribution < -0.4 is 11.1 Å². The van der Waals surface area contributed by atoms with Gasteiger partial charge in [-0.3, -0.25) is 9.69 Å². The highest BCUT2D eigenvalue weighted by Gasteiger charge is 2.20. The lowest BCUT2D eigenvalue weighted by Crippen LogP contribution is -2.42. The number of benzene rings is 1. The van der Waals surface area contributed by atoms with Crippen LogP contribution in [0.5, 0.6) is 0 Å². The van der Waals surface area contributed by atoms with Crippen LogP contribution in [0.3, 0.4) is 0 Å². The Kier molecular flexibility index (Phi) is 5.03. The molecule has 1 amide bonds. The van der Waals surface area contributed by atoms with Crippen LogP contribution in [0.2, 0.25) is 0 Å². The van der Waals surface area contributed by atoms with Crippen molar-refractivity contribution in [2.45, 2.75) is 12.8 Å². The van der Waals surface area contributed by atoms with Crippen LogP contribution in [-0.4, -0.2) is 37.0 Å². The summed E-state index contributed by atoms with van der Waals surface area (Å²) in [5, 5.41) is 2.51. The number of rotatable bonds is 4. The second-order valence-electron chi connectivity index (χ2n) is 5.19. The first-order valence-electron chi connectivity index (χ1n) is 6.75. The lowest BCUT2D eigenvalue weighted by molar-refractivity contribution is -0.117. The number of nitrogens with one attached hydrogen (secondary N) is 1. The molecule has 3 N–H and O–H groups in total. The van der Waals surface area contributed by atoms with E-state index in [9.17, 15) is 13.6 Å². The molecular formula is C14H19F2N3O. The molecule has 0 spiro atoms. The Balaban J connectivity index is 1.88. The number of carbonyl (C=O) groups excluding carboxylic acids is 1. The van der Waals surface area contributed by atoms with E-state index in [1.54, 1.807) is 0 Å². The average molecular weight is 283 g/mol. The molecular weight excluding hydrogens is 264 g/mol. The van der Waals surface area contributed by atoms with Crippen LogP contribution in [-0.2, 0) is 4.79 Å². The first-order chi connectivity index (χ1) is 9.56. The molecule has 1 saturated heterocycles. The van der Waals surface area contributed by atoms with Crippen LogP contribution >= 0.6 is 0 Å². The van der Waals surface area contributed by atoms with Gasteiger partial charge in [0.1, 0.15) is 11.6 Å². The SMILES string of the molecule is NCC1CCCN(CC(=O)Nc2cc(F)cc(F)c2)C1. The van der Waals surface area contributed by atoms with E-state index in [-0.39, 0.29) is 18.1 Å². The monoisotopic (exact) mass is 283 g/mol. The maximum atomic E-state index is 13.0. The van der Waals surface area contributed by atoms with Crippen molar-refractivity contribution in [3.63, 3.8) is 0 Å². The topological polar surface area (TPSA) is 58.4 Å². The molecule has 1 aromatic carbocycles. The van der Waals surface area contributed by atoms with E-state index in [0.29, 0.717) is 12.5 Å². The van der Waals surface area contributed by atoms with Crippen LogP contribution in [0, 0.1) is 17.6 Å². The number of amides is 1. The summed E-state index contributed by atoms with van der Waals surface area (Å²) in [7, 11) is 0. The molecule has 0 saturated carbocycles. The average Bonchev–Trinajstić information content (AvgIpc) is 2.37. The van der Waals surface area contributed by atoms with Gasteiger partial charge in [0.2, 0.25) is 5.91 Å². The van der Waals surface area contributed by atoms with Gasteiger partial charge in [0.15, 0.2) is 0 Å². The second kappa shape index (κ2) is 6.76. The third-order valence-corrected chi connectivity index (χ3v) is 3.45. The second-order valence-corrected chi connectivity index (χ2v) is 5.19. The van der Waals surface area contributed by atoms with Crippen LogP contribution in [0.4, 0.5) is 14.5 Å². The van der Waals surface area contributed by atoms with E-state index in [2.05, 4.69) is 5.32 Å². The fourth-order valence-corrected chi connectivity index (χ4v) is 2.52. The molecule has 1 atom stereocenters. The number of hydrogen-bond donors (Lipinski definition) is 2. The molecule has 110 valence electrons. The smallest absolute Gasteiger partial charge is 0.238 e. The Morgan fingerprint density at radius 3 is 2.70 bits per heavy atom.